The molecule has 0 aromatic rings. The third kappa shape index (κ3) is 10.00. The van der Waals surface area contributed by atoms with Crippen LogP contribution in [-0.4, -0.2) is 12.1 Å². The third-order valence-corrected chi connectivity index (χ3v) is 14.6. The van der Waals surface area contributed by atoms with Crippen LogP contribution in [0.1, 0.15) is 208 Å². The predicted octanol–water partition coefficient (Wildman–Crippen LogP) is 13.5. The Bertz CT molecular complexity index is 849. The monoisotopic (exact) mass is 627 g/mol. The Kier molecular flexibility index (Phi) is 15.2. The highest BCUT2D eigenvalue weighted by molar-refractivity contribution is 5.69. The van der Waals surface area contributed by atoms with Gasteiger partial charge < -0.3 is 4.74 Å². The average molecular weight is 627 g/mol. The van der Waals surface area contributed by atoms with Gasteiger partial charge in [0.25, 0.3) is 0 Å². The van der Waals surface area contributed by atoms with E-state index in [-0.39, 0.29) is 12.1 Å². The van der Waals surface area contributed by atoms with E-state index in [1.165, 1.54) is 141 Å². The zero-order valence-corrected chi connectivity index (χ0v) is 31.3. The smallest absolute Gasteiger partial charge is 0.306 e. The third-order valence-electron chi connectivity index (χ3n) is 14.6. The normalized spacial score (nSPS) is 35.1. The topological polar surface area (TPSA) is 26.3 Å². The first-order valence-electron chi connectivity index (χ1n) is 20.9. The van der Waals surface area contributed by atoms with E-state index in [2.05, 4.69) is 41.5 Å². The number of ether oxygens (including phenoxy) is 1. The molecule has 0 unspecified atom stereocenters. The lowest BCUT2D eigenvalue weighted by atomic mass is 9.44. The van der Waals surface area contributed by atoms with Crippen molar-refractivity contribution in [2.45, 2.75) is 215 Å². The maximum absolute atomic E-state index is 12.8. The minimum atomic E-state index is 0.0910. The van der Waals surface area contributed by atoms with E-state index in [0.717, 1.165) is 60.7 Å². The number of hydrogen-bond donors (Lipinski definition) is 0. The van der Waals surface area contributed by atoms with Gasteiger partial charge >= 0.3 is 5.97 Å². The second-order valence-corrected chi connectivity index (χ2v) is 18.1. The molecule has 4 fully saturated rings. The summed E-state index contributed by atoms with van der Waals surface area (Å²) in [6, 6.07) is 0. The van der Waals surface area contributed by atoms with E-state index in [1.807, 2.05) is 0 Å². The Hall–Kier alpha value is -0.530. The van der Waals surface area contributed by atoms with Gasteiger partial charge in [-0.25, -0.2) is 0 Å². The minimum Gasteiger partial charge on any atom is -0.462 e. The van der Waals surface area contributed by atoms with Crippen molar-refractivity contribution >= 4 is 5.97 Å². The van der Waals surface area contributed by atoms with Gasteiger partial charge in [0.05, 0.1) is 0 Å². The molecule has 0 heterocycles. The first-order valence-corrected chi connectivity index (χ1v) is 20.9. The molecule has 4 saturated carbocycles. The molecule has 0 spiro atoms. The number of carbonyl (C=O) groups is 1. The first kappa shape index (κ1) is 37.3. The molecule has 9 atom stereocenters. The summed E-state index contributed by atoms with van der Waals surface area (Å²) in [6.07, 6.45) is 34.9. The van der Waals surface area contributed by atoms with E-state index in [9.17, 15) is 4.79 Å². The van der Waals surface area contributed by atoms with Crippen molar-refractivity contribution in [2.24, 2.45) is 52.3 Å². The van der Waals surface area contributed by atoms with Gasteiger partial charge in [0, 0.05) is 6.42 Å². The molecule has 4 aliphatic carbocycles. The van der Waals surface area contributed by atoms with Crippen LogP contribution in [0.5, 0.6) is 0 Å². The zero-order valence-electron chi connectivity index (χ0n) is 31.3. The fourth-order valence-electron chi connectivity index (χ4n) is 11.9. The number of carbonyl (C=O) groups excluding carboxylic acids is 1. The maximum Gasteiger partial charge on any atom is 0.306 e. The highest BCUT2D eigenvalue weighted by Gasteiger charge is 2.60. The SMILES string of the molecule is CCCCCCCCCCCCCCCC(=O)O[C@@H]1CC[C@@]2(C)[C@@H](CC[C@@H]3[C@@H]2CC[C@]2(C)[C@@H]([C@H](C)CCCC(C)C)CC[C@@H]32)C1. The molecule has 4 rings (SSSR count). The Morgan fingerprint density at radius 2 is 1.27 bits per heavy atom. The molecule has 0 saturated heterocycles. The highest BCUT2D eigenvalue weighted by Crippen LogP contribution is 2.68. The fraction of sp³-hybridized carbons (Fsp3) is 0.977. The second kappa shape index (κ2) is 18.3. The Morgan fingerprint density at radius 1 is 0.667 bits per heavy atom. The molecular weight excluding hydrogens is 548 g/mol. The summed E-state index contributed by atoms with van der Waals surface area (Å²) >= 11 is 0. The quantitative estimate of drug-likeness (QED) is 0.0992. The largest absolute Gasteiger partial charge is 0.462 e. The van der Waals surface area contributed by atoms with Gasteiger partial charge in [0.2, 0.25) is 0 Å². The van der Waals surface area contributed by atoms with Crippen molar-refractivity contribution in [1.82, 2.24) is 0 Å². The standard InChI is InChI=1S/C43H78O2/c1-7-8-9-10-11-12-13-14-15-16-17-18-19-23-41(44)45-36-28-30-42(5)35(32-36)24-25-37-39-27-26-38(34(4)22-20-21-33(2)3)43(39,6)31-29-40(37)42/h33-40H,7-32H2,1-6H3/t34-,35+,36-,37+,38-,39+,40+,42+,43-/m1/s1. The maximum atomic E-state index is 12.8. The van der Waals surface area contributed by atoms with Crippen LogP contribution in [0.15, 0.2) is 0 Å². The van der Waals surface area contributed by atoms with Crippen LogP contribution in [-0.2, 0) is 9.53 Å². The number of fused-ring (bicyclic) bond motifs is 5. The summed E-state index contributed by atoms with van der Waals surface area (Å²) in [7, 11) is 0. The molecule has 0 amide bonds. The van der Waals surface area contributed by atoms with Crippen molar-refractivity contribution in [1.29, 1.82) is 0 Å². The van der Waals surface area contributed by atoms with E-state index in [4.69, 9.17) is 4.74 Å². The summed E-state index contributed by atoms with van der Waals surface area (Å²) in [4.78, 5) is 12.8. The van der Waals surface area contributed by atoms with Crippen LogP contribution < -0.4 is 0 Å². The van der Waals surface area contributed by atoms with Gasteiger partial charge in [0.1, 0.15) is 6.10 Å². The van der Waals surface area contributed by atoms with Crippen molar-refractivity contribution in [3.05, 3.63) is 0 Å². The van der Waals surface area contributed by atoms with Gasteiger partial charge in [-0.3, -0.25) is 4.79 Å². The van der Waals surface area contributed by atoms with Crippen LogP contribution in [0.4, 0.5) is 0 Å². The van der Waals surface area contributed by atoms with Crippen molar-refractivity contribution in [2.75, 3.05) is 0 Å². The molecule has 2 nitrogen and oxygen atoms in total. The molecular formula is C43H78O2. The summed E-state index contributed by atoms with van der Waals surface area (Å²) in [5.41, 5.74) is 1.06. The van der Waals surface area contributed by atoms with Crippen LogP contribution in [0.25, 0.3) is 0 Å². The Labute approximate surface area is 281 Å². The van der Waals surface area contributed by atoms with Gasteiger partial charge in [-0.15, -0.1) is 0 Å². The molecule has 45 heavy (non-hydrogen) atoms. The van der Waals surface area contributed by atoms with Crippen molar-refractivity contribution in [3.8, 4) is 0 Å². The molecule has 262 valence electrons. The van der Waals surface area contributed by atoms with E-state index < -0.39 is 0 Å². The van der Waals surface area contributed by atoms with E-state index >= 15 is 0 Å². The number of unbranched alkanes of at least 4 members (excludes halogenated alkanes) is 12. The molecule has 0 aliphatic heterocycles. The predicted molar refractivity (Wildman–Crippen MR) is 193 cm³/mol. The van der Waals surface area contributed by atoms with Crippen LogP contribution in [0, 0.1) is 52.3 Å². The number of esters is 1. The van der Waals surface area contributed by atoms with E-state index in [0.29, 0.717) is 17.3 Å². The second-order valence-electron chi connectivity index (χ2n) is 18.1. The molecule has 0 radical (unpaired) electrons. The average Bonchev–Trinajstić information content (AvgIpc) is 3.37. The lowest BCUT2D eigenvalue weighted by Crippen LogP contribution is -2.54. The molecule has 2 heteroatoms. The molecule has 0 aromatic heterocycles. The van der Waals surface area contributed by atoms with Crippen LogP contribution >= 0.6 is 0 Å². The Morgan fingerprint density at radius 3 is 1.91 bits per heavy atom. The summed E-state index contributed by atoms with van der Waals surface area (Å²) < 4.78 is 6.16. The lowest BCUT2D eigenvalue weighted by Gasteiger charge is -2.61. The van der Waals surface area contributed by atoms with Crippen LogP contribution in [0.2, 0.25) is 0 Å². The van der Waals surface area contributed by atoms with Crippen molar-refractivity contribution in [3.63, 3.8) is 0 Å². The van der Waals surface area contributed by atoms with E-state index in [1.54, 1.807) is 0 Å². The molecule has 0 aromatic carbocycles. The van der Waals surface area contributed by atoms with Gasteiger partial charge in [-0.1, -0.05) is 138 Å². The fourth-order valence-corrected chi connectivity index (χ4v) is 11.9. The summed E-state index contributed by atoms with van der Waals surface area (Å²) in [5.74, 6) is 6.37. The van der Waals surface area contributed by atoms with Crippen molar-refractivity contribution < 1.29 is 9.53 Å². The van der Waals surface area contributed by atoms with Gasteiger partial charge in [-0.2, -0.15) is 0 Å². The Balaban J connectivity index is 1.12. The first-order chi connectivity index (χ1) is 21.7. The van der Waals surface area contributed by atoms with Gasteiger partial charge in [0.15, 0.2) is 0 Å². The number of rotatable bonds is 20. The summed E-state index contributed by atoms with van der Waals surface area (Å²) in [5, 5.41) is 0. The highest BCUT2D eigenvalue weighted by atomic mass is 16.5. The zero-order chi connectivity index (χ0) is 32.3. The van der Waals surface area contributed by atoms with Gasteiger partial charge in [-0.05, 0) is 116 Å². The molecule has 0 bridgehead atoms. The molecule has 0 N–H and O–H groups in total. The summed E-state index contributed by atoms with van der Waals surface area (Å²) in [6.45, 7) is 15.1. The minimum absolute atomic E-state index is 0.0910. The lowest BCUT2D eigenvalue weighted by molar-refractivity contribution is -0.162. The number of hydrogen-bond acceptors (Lipinski definition) is 2. The molecule has 4 aliphatic rings. The van der Waals surface area contributed by atoms with Crippen LogP contribution in [0.3, 0.4) is 0 Å².